The fourth-order valence-electron chi connectivity index (χ4n) is 3.01. The molecule has 0 aliphatic rings. The van der Waals surface area contributed by atoms with E-state index in [0.29, 0.717) is 6.61 Å². The molecule has 0 atom stereocenters. The lowest BCUT2D eigenvalue weighted by atomic mass is 9.96. The van der Waals surface area contributed by atoms with Crippen LogP contribution in [0.5, 0.6) is 0 Å². The van der Waals surface area contributed by atoms with E-state index in [2.05, 4.69) is 104 Å². The minimum Gasteiger partial charge on any atom is -0.395 e. The first-order valence-corrected chi connectivity index (χ1v) is 9.85. The van der Waals surface area contributed by atoms with Crippen molar-refractivity contribution in [3.05, 3.63) is 83.4 Å². The molecule has 0 N–H and O–H groups in total. The first-order chi connectivity index (χ1) is 13.2. The highest BCUT2D eigenvalue weighted by atomic mass is 32.1. The summed E-state index contributed by atoms with van der Waals surface area (Å²) >= 11 is 4.35. The third-order valence-corrected chi connectivity index (χ3v) is 4.82. The predicted molar refractivity (Wildman–Crippen MR) is 118 cm³/mol. The number of hydrogen-bond acceptors (Lipinski definition) is 4. The van der Waals surface area contributed by atoms with E-state index in [4.69, 9.17) is 4.84 Å². The molecule has 0 saturated carbocycles. The topological polar surface area (TPSA) is 24.8 Å². The zero-order valence-corrected chi connectivity index (χ0v) is 16.8. The Morgan fingerprint density at radius 2 is 1.70 bits per heavy atom. The lowest BCUT2D eigenvalue weighted by molar-refractivity contribution is 0.135. The molecule has 27 heavy (non-hydrogen) atoms. The van der Waals surface area contributed by atoms with Gasteiger partial charge in [0.25, 0.3) is 0 Å². The fourth-order valence-corrected chi connectivity index (χ4v) is 3.22. The van der Waals surface area contributed by atoms with E-state index in [-0.39, 0.29) is 0 Å². The van der Waals surface area contributed by atoms with Crippen LogP contribution in [0.4, 0.5) is 0 Å². The molecule has 3 aromatic carbocycles. The van der Waals surface area contributed by atoms with E-state index in [1.165, 1.54) is 16.3 Å². The summed E-state index contributed by atoms with van der Waals surface area (Å²) in [6, 6.07) is 23.0. The van der Waals surface area contributed by atoms with Gasteiger partial charge in [0.05, 0.1) is 0 Å². The maximum absolute atomic E-state index is 5.71. The van der Waals surface area contributed by atoms with Crippen LogP contribution in [0.15, 0.2) is 71.9 Å². The molecule has 140 valence electrons. The molecule has 3 nitrogen and oxygen atoms in total. The van der Waals surface area contributed by atoms with Gasteiger partial charge >= 0.3 is 0 Å². The molecule has 0 amide bonds. The Balaban J connectivity index is 1.95. The van der Waals surface area contributed by atoms with Gasteiger partial charge in [0, 0.05) is 23.4 Å². The molecule has 0 spiro atoms. The minimum atomic E-state index is 0.598. The highest BCUT2D eigenvalue weighted by Crippen LogP contribution is 2.23. The largest absolute Gasteiger partial charge is 0.395 e. The van der Waals surface area contributed by atoms with Gasteiger partial charge in [-0.3, -0.25) is 0 Å². The van der Waals surface area contributed by atoms with Crippen LogP contribution in [0.2, 0.25) is 0 Å². The Morgan fingerprint density at radius 3 is 2.44 bits per heavy atom. The van der Waals surface area contributed by atoms with Crippen LogP contribution < -0.4 is 0 Å². The minimum absolute atomic E-state index is 0.598. The smallest absolute Gasteiger partial charge is 0.118 e. The van der Waals surface area contributed by atoms with Crippen molar-refractivity contribution in [2.45, 2.75) is 12.2 Å². The summed E-state index contributed by atoms with van der Waals surface area (Å²) in [5.41, 5.74) is 4.18. The van der Waals surface area contributed by atoms with Crippen molar-refractivity contribution in [1.29, 1.82) is 0 Å². The standard InChI is InChI=1S/C23H26N2OS/c1-25(2)15-6-16-26-24-23(20-13-11-18(17-27)12-14-20)22-10-5-8-19-7-3-4-9-21(19)22/h3-5,7-14,27H,6,15-17H2,1-2H3/b24-23-. The molecule has 0 bridgehead atoms. The number of thiol groups is 1. The summed E-state index contributed by atoms with van der Waals surface area (Å²) in [6.45, 7) is 1.58. The molecule has 0 aliphatic carbocycles. The van der Waals surface area contributed by atoms with Gasteiger partial charge in [0.2, 0.25) is 0 Å². The zero-order chi connectivity index (χ0) is 19.1. The molecule has 0 aromatic heterocycles. The molecule has 0 saturated heterocycles. The fraction of sp³-hybridized carbons (Fsp3) is 0.261. The monoisotopic (exact) mass is 378 g/mol. The van der Waals surface area contributed by atoms with E-state index >= 15 is 0 Å². The van der Waals surface area contributed by atoms with Crippen molar-refractivity contribution >= 4 is 29.1 Å². The number of hydrogen-bond donors (Lipinski definition) is 1. The van der Waals surface area contributed by atoms with Crippen molar-refractivity contribution in [2.24, 2.45) is 5.16 Å². The van der Waals surface area contributed by atoms with Crippen LogP contribution in [0.3, 0.4) is 0 Å². The van der Waals surface area contributed by atoms with Crippen LogP contribution in [0.25, 0.3) is 10.8 Å². The molecule has 4 heteroatoms. The number of nitrogens with zero attached hydrogens (tertiary/aromatic N) is 2. The number of rotatable bonds is 8. The van der Waals surface area contributed by atoms with Crippen LogP contribution in [-0.2, 0) is 10.6 Å². The van der Waals surface area contributed by atoms with Crippen LogP contribution in [-0.4, -0.2) is 37.9 Å². The normalized spacial score (nSPS) is 11.9. The Hall–Kier alpha value is -2.30. The summed E-state index contributed by atoms with van der Waals surface area (Å²) in [5, 5.41) is 6.92. The zero-order valence-electron chi connectivity index (χ0n) is 15.9. The lowest BCUT2D eigenvalue weighted by Gasteiger charge is -2.12. The van der Waals surface area contributed by atoms with E-state index in [9.17, 15) is 0 Å². The second kappa shape index (κ2) is 9.58. The average Bonchev–Trinajstić information content (AvgIpc) is 2.70. The Labute approximate surface area is 167 Å². The average molecular weight is 379 g/mol. The van der Waals surface area contributed by atoms with E-state index in [1.54, 1.807) is 0 Å². The second-order valence-corrected chi connectivity index (χ2v) is 7.13. The van der Waals surface area contributed by atoms with Gasteiger partial charge in [-0.25, -0.2) is 0 Å². The van der Waals surface area contributed by atoms with Crippen LogP contribution in [0, 0.1) is 0 Å². The summed E-state index contributed by atoms with van der Waals surface area (Å²) in [5.74, 6) is 0.724. The van der Waals surface area contributed by atoms with Crippen molar-refractivity contribution in [2.75, 3.05) is 27.2 Å². The molecule has 3 rings (SSSR count). The maximum Gasteiger partial charge on any atom is 0.118 e. The molecular formula is C23H26N2OS. The Bertz CT molecular complexity index is 898. The molecule has 0 aliphatic heterocycles. The highest BCUT2D eigenvalue weighted by Gasteiger charge is 2.12. The lowest BCUT2D eigenvalue weighted by Crippen LogP contribution is -2.14. The van der Waals surface area contributed by atoms with Gasteiger partial charge in [-0.15, -0.1) is 0 Å². The number of fused-ring (bicyclic) bond motifs is 1. The third-order valence-electron chi connectivity index (χ3n) is 4.45. The first-order valence-electron chi connectivity index (χ1n) is 9.22. The van der Waals surface area contributed by atoms with Crippen LogP contribution in [0.1, 0.15) is 23.1 Å². The predicted octanol–water partition coefficient (Wildman–Crippen LogP) is 4.99. The van der Waals surface area contributed by atoms with Gasteiger partial charge in [-0.2, -0.15) is 12.6 Å². The van der Waals surface area contributed by atoms with Crippen molar-refractivity contribution < 1.29 is 4.84 Å². The highest BCUT2D eigenvalue weighted by molar-refractivity contribution is 7.79. The maximum atomic E-state index is 5.71. The summed E-state index contributed by atoms with van der Waals surface area (Å²) in [7, 11) is 4.13. The molecule has 0 heterocycles. The number of oxime groups is 1. The van der Waals surface area contributed by atoms with Gasteiger partial charge in [-0.05, 0) is 36.9 Å². The molecule has 3 aromatic rings. The summed E-state index contributed by atoms with van der Waals surface area (Å²) in [6.07, 6.45) is 0.942. The van der Waals surface area contributed by atoms with Crippen molar-refractivity contribution in [1.82, 2.24) is 4.90 Å². The van der Waals surface area contributed by atoms with Crippen molar-refractivity contribution in [3.63, 3.8) is 0 Å². The molecular weight excluding hydrogens is 352 g/mol. The van der Waals surface area contributed by atoms with Crippen LogP contribution >= 0.6 is 12.6 Å². The third kappa shape index (κ3) is 5.12. The van der Waals surface area contributed by atoms with Gasteiger partial charge in [0.15, 0.2) is 0 Å². The quantitative estimate of drug-likeness (QED) is 0.258. The van der Waals surface area contributed by atoms with E-state index in [1.807, 2.05) is 0 Å². The molecule has 0 radical (unpaired) electrons. The Kier molecular flexibility index (Phi) is 6.91. The van der Waals surface area contributed by atoms with Gasteiger partial charge in [-0.1, -0.05) is 71.9 Å². The first kappa shape index (κ1) is 19.5. The summed E-state index contributed by atoms with van der Waals surface area (Å²) < 4.78 is 0. The second-order valence-electron chi connectivity index (χ2n) is 6.81. The molecule has 0 fully saturated rings. The van der Waals surface area contributed by atoms with E-state index in [0.717, 1.165) is 35.6 Å². The number of benzene rings is 3. The van der Waals surface area contributed by atoms with Gasteiger partial charge in [0.1, 0.15) is 12.3 Å². The summed E-state index contributed by atoms with van der Waals surface area (Å²) in [4.78, 5) is 7.85. The van der Waals surface area contributed by atoms with Crippen molar-refractivity contribution in [3.8, 4) is 0 Å². The van der Waals surface area contributed by atoms with Gasteiger partial charge < -0.3 is 9.74 Å². The Morgan fingerprint density at radius 1 is 0.963 bits per heavy atom. The van der Waals surface area contributed by atoms with E-state index < -0.39 is 0 Å². The molecule has 0 unspecified atom stereocenters. The SMILES string of the molecule is CN(C)CCCO/N=C(/c1ccc(CS)cc1)c1cccc2ccccc12.